The summed E-state index contributed by atoms with van der Waals surface area (Å²) in [5.41, 5.74) is 0.278. The number of nitrogens with zero attached hydrogens (tertiary/aromatic N) is 3. The van der Waals surface area contributed by atoms with E-state index >= 15 is 0 Å². The van der Waals surface area contributed by atoms with Crippen molar-refractivity contribution in [1.82, 2.24) is 14.9 Å². The highest BCUT2D eigenvalue weighted by Gasteiger charge is 2.18. The maximum atomic E-state index is 12.0. The summed E-state index contributed by atoms with van der Waals surface area (Å²) in [4.78, 5) is 21.6. The summed E-state index contributed by atoms with van der Waals surface area (Å²) in [6.07, 6.45) is 3.99. The lowest BCUT2D eigenvalue weighted by Gasteiger charge is -2.22. The summed E-state index contributed by atoms with van der Waals surface area (Å²) >= 11 is 0. The summed E-state index contributed by atoms with van der Waals surface area (Å²) < 4.78 is 0. The first-order chi connectivity index (χ1) is 8.60. The van der Waals surface area contributed by atoms with Gasteiger partial charge >= 0.3 is 0 Å². The molecule has 0 aromatic carbocycles. The van der Waals surface area contributed by atoms with E-state index in [4.69, 9.17) is 5.11 Å². The normalized spacial score (nSPS) is 12.0. The average Bonchev–Trinajstić information content (AvgIpc) is 2.43. The van der Waals surface area contributed by atoms with Gasteiger partial charge in [0, 0.05) is 13.6 Å². The molecule has 0 aliphatic carbocycles. The predicted octanol–water partition coefficient (Wildman–Crippen LogP) is 0.751. The average molecular weight is 252 g/mol. The molecule has 1 aromatic heterocycles. The largest absolute Gasteiger partial charge is 0.394 e. The van der Waals surface area contributed by atoms with Crippen LogP contribution in [-0.2, 0) is 0 Å². The van der Waals surface area contributed by atoms with E-state index < -0.39 is 0 Å². The van der Waals surface area contributed by atoms with Gasteiger partial charge in [0.15, 0.2) is 0 Å². The molecule has 0 bridgehead atoms. The number of rotatable bonds is 6. The highest BCUT2D eigenvalue weighted by molar-refractivity contribution is 5.92. The van der Waals surface area contributed by atoms with Crippen molar-refractivity contribution in [3.05, 3.63) is 18.1 Å². The fourth-order valence-electron chi connectivity index (χ4n) is 1.29. The summed E-state index contributed by atoms with van der Waals surface area (Å²) in [6, 6.07) is -0.239. The SMILES string of the molecule is CCCNc1cnc(C(=O)N(C)C(C)CO)cn1. The number of aromatic nitrogens is 2. The number of hydrogen-bond donors (Lipinski definition) is 2. The molecule has 0 aliphatic rings. The third kappa shape index (κ3) is 3.66. The lowest BCUT2D eigenvalue weighted by molar-refractivity contribution is 0.0676. The van der Waals surface area contributed by atoms with Crippen LogP contribution in [0.4, 0.5) is 5.82 Å². The van der Waals surface area contributed by atoms with Crippen LogP contribution in [-0.4, -0.2) is 52.1 Å². The first-order valence-electron chi connectivity index (χ1n) is 6.04. The fraction of sp³-hybridized carbons (Fsp3) is 0.583. The van der Waals surface area contributed by atoms with Gasteiger partial charge in [-0.1, -0.05) is 6.92 Å². The minimum absolute atomic E-state index is 0.0776. The van der Waals surface area contributed by atoms with Crippen LogP contribution in [0.1, 0.15) is 30.8 Å². The molecule has 0 fully saturated rings. The van der Waals surface area contributed by atoms with E-state index in [1.807, 2.05) is 0 Å². The van der Waals surface area contributed by atoms with Crippen molar-refractivity contribution in [2.75, 3.05) is 25.5 Å². The van der Waals surface area contributed by atoms with E-state index in [1.54, 1.807) is 20.2 Å². The molecule has 1 heterocycles. The summed E-state index contributed by atoms with van der Waals surface area (Å²) in [5.74, 6) is 0.414. The molecule has 1 atom stereocenters. The molecular formula is C12H20N4O2. The number of nitrogens with one attached hydrogen (secondary N) is 1. The van der Waals surface area contributed by atoms with Crippen molar-refractivity contribution in [1.29, 1.82) is 0 Å². The zero-order valence-corrected chi connectivity index (χ0v) is 11.1. The maximum absolute atomic E-state index is 12.0. The number of hydrogen-bond acceptors (Lipinski definition) is 5. The summed E-state index contributed by atoms with van der Waals surface area (Å²) in [7, 11) is 1.63. The van der Waals surface area contributed by atoms with Crippen LogP contribution in [0.25, 0.3) is 0 Å². The van der Waals surface area contributed by atoms with Crippen molar-refractivity contribution in [2.45, 2.75) is 26.3 Å². The van der Waals surface area contributed by atoms with Crippen LogP contribution >= 0.6 is 0 Å². The molecule has 0 saturated heterocycles. The van der Waals surface area contributed by atoms with Crippen molar-refractivity contribution < 1.29 is 9.90 Å². The van der Waals surface area contributed by atoms with Crippen molar-refractivity contribution in [2.24, 2.45) is 0 Å². The number of aliphatic hydroxyl groups is 1. The molecule has 1 amide bonds. The van der Waals surface area contributed by atoms with Crippen LogP contribution in [0.5, 0.6) is 0 Å². The first kappa shape index (κ1) is 14.4. The number of carbonyl (C=O) groups is 1. The molecule has 18 heavy (non-hydrogen) atoms. The Hall–Kier alpha value is -1.69. The highest BCUT2D eigenvalue weighted by Crippen LogP contribution is 2.05. The van der Waals surface area contributed by atoms with Gasteiger partial charge in [-0.25, -0.2) is 9.97 Å². The molecule has 0 radical (unpaired) electrons. The topological polar surface area (TPSA) is 78.4 Å². The van der Waals surface area contributed by atoms with Crippen molar-refractivity contribution in [3.8, 4) is 0 Å². The first-order valence-corrected chi connectivity index (χ1v) is 6.04. The Balaban J connectivity index is 2.69. The molecule has 0 saturated carbocycles. The van der Waals surface area contributed by atoms with E-state index in [2.05, 4.69) is 22.2 Å². The monoisotopic (exact) mass is 252 g/mol. The van der Waals surface area contributed by atoms with Gasteiger partial charge in [-0.2, -0.15) is 0 Å². The van der Waals surface area contributed by atoms with Gasteiger partial charge < -0.3 is 15.3 Å². The van der Waals surface area contributed by atoms with Crippen LogP contribution in [0.2, 0.25) is 0 Å². The molecule has 0 aliphatic heterocycles. The van der Waals surface area contributed by atoms with Crippen molar-refractivity contribution in [3.63, 3.8) is 0 Å². The smallest absolute Gasteiger partial charge is 0.274 e. The quantitative estimate of drug-likeness (QED) is 0.781. The number of anilines is 1. The second-order valence-electron chi connectivity index (χ2n) is 4.16. The summed E-state index contributed by atoms with van der Waals surface area (Å²) in [5, 5.41) is 12.1. The molecule has 0 spiro atoms. The van der Waals surface area contributed by atoms with Crippen molar-refractivity contribution >= 4 is 11.7 Å². The lowest BCUT2D eigenvalue weighted by Crippen LogP contribution is -2.37. The molecule has 6 nitrogen and oxygen atoms in total. The molecule has 1 aromatic rings. The number of amides is 1. The van der Waals surface area contributed by atoms with Crippen LogP contribution in [0.3, 0.4) is 0 Å². The standard InChI is InChI=1S/C12H20N4O2/c1-4-5-13-11-7-14-10(6-15-11)12(18)16(3)9(2)8-17/h6-7,9,17H,4-5,8H2,1-3H3,(H,13,15). The van der Waals surface area contributed by atoms with E-state index in [-0.39, 0.29) is 24.2 Å². The molecule has 100 valence electrons. The van der Waals surface area contributed by atoms with Gasteiger partial charge in [0.25, 0.3) is 5.91 Å². The van der Waals surface area contributed by atoms with Gasteiger partial charge in [0.2, 0.25) is 0 Å². The Morgan fingerprint density at radius 3 is 2.72 bits per heavy atom. The number of likely N-dealkylation sites (N-methyl/N-ethyl adjacent to an activating group) is 1. The van der Waals surface area contributed by atoms with E-state index in [0.717, 1.165) is 13.0 Å². The molecular weight excluding hydrogens is 232 g/mol. The Morgan fingerprint density at radius 1 is 1.50 bits per heavy atom. The van der Waals surface area contributed by atoms with Gasteiger partial charge in [0.1, 0.15) is 11.5 Å². The zero-order valence-electron chi connectivity index (χ0n) is 11.1. The van der Waals surface area contributed by atoms with Crippen LogP contribution < -0.4 is 5.32 Å². The van der Waals surface area contributed by atoms with E-state index in [0.29, 0.717) is 5.82 Å². The third-order valence-electron chi connectivity index (χ3n) is 2.67. The molecule has 1 unspecified atom stereocenters. The third-order valence-corrected chi connectivity index (χ3v) is 2.67. The second-order valence-corrected chi connectivity index (χ2v) is 4.16. The Labute approximate surface area is 107 Å². The number of carbonyl (C=O) groups excluding carboxylic acids is 1. The Kier molecular flexibility index (Phi) is 5.51. The van der Waals surface area contributed by atoms with Crippen LogP contribution in [0.15, 0.2) is 12.4 Å². The van der Waals surface area contributed by atoms with Gasteiger partial charge in [-0.15, -0.1) is 0 Å². The minimum Gasteiger partial charge on any atom is -0.394 e. The maximum Gasteiger partial charge on any atom is 0.274 e. The minimum atomic E-state index is -0.244. The Bertz CT molecular complexity index is 380. The predicted molar refractivity (Wildman–Crippen MR) is 69.5 cm³/mol. The van der Waals surface area contributed by atoms with E-state index in [1.165, 1.54) is 11.1 Å². The molecule has 6 heteroatoms. The zero-order chi connectivity index (χ0) is 13.5. The van der Waals surface area contributed by atoms with Crippen LogP contribution in [0, 0.1) is 0 Å². The number of aliphatic hydroxyl groups excluding tert-OH is 1. The highest BCUT2D eigenvalue weighted by atomic mass is 16.3. The van der Waals surface area contributed by atoms with Gasteiger partial charge in [-0.05, 0) is 13.3 Å². The fourth-order valence-corrected chi connectivity index (χ4v) is 1.29. The second kappa shape index (κ2) is 6.90. The van der Waals surface area contributed by atoms with Gasteiger partial charge in [0.05, 0.1) is 25.0 Å². The molecule has 1 rings (SSSR count). The molecule has 2 N–H and O–H groups in total. The summed E-state index contributed by atoms with van der Waals surface area (Å²) in [6.45, 7) is 4.57. The lowest BCUT2D eigenvalue weighted by atomic mass is 10.3. The van der Waals surface area contributed by atoms with E-state index in [9.17, 15) is 4.79 Å². The van der Waals surface area contributed by atoms with Gasteiger partial charge in [-0.3, -0.25) is 4.79 Å². The Morgan fingerprint density at radius 2 is 2.22 bits per heavy atom.